The third-order valence-electron chi connectivity index (χ3n) is 3.70. The summed E-state index contributed by atoms with van der Waals surface area (Å²) in [6.07, 6.45) is 0. The van der Waals surface area contributed by atoms with Gasteiger partial charge >= 0.3 is 0 Å². The second kappa shape index (κ2) is 7.29. The molecule has 0 atom stereocenters. The molecule has 0 radical (unpaired) electrons. The van der Waals surface area contributed by atoms with Gasteiger partial charge in [-0.15, -0.1) is 11.3 Å². The Morgan fingerprint density at radius 2 is 1.70 bits per heavy atom. The van der Waals surface area contributed by atoms with Gasteiger partial charge in [-0.1, -0.05) is 23.7 Å². The lowest BCUT2D eigenvalue weighted by Crippen LogP contribution is -2.40. The molecule has 0 unspecified atom stereocenters. The lowest BCUT2D eigenvalue weighted by atomic mass is 10.1. The normalized spacial score (nSPS) is 11.4. The van der Waals surface area contributed by atoms with Crippen molar-refractivity contribution in [3.63, 3.8) is 0 Å². The fourth-order valence-electron chi connectivity index (χ4n) is 2.53. The number of halogens is 2. The first-order chi connectivity index (χ1) is 12.7. The van der Waals surface area contributed by atoms with Crippen molar-refractivity contribution >= 4 is 50.5 Å². The van der Waals surface area contributed by atoms with E-state index in [4.69, 9.17) is 11.6 Å². The van der Waals surface area contributed by atoms with Crippen LogP contribution in [0.2, 0.25) is 5.02 Å². The fraction of sp³-hybridized carbons (Fsp3) is 0.200. The summed E-state index contributed by atoms with van der Waals surface area (Å²) < 4.78 is 13.7. The number of thiophene rings is 1. The molecular weight excluding hydrogens is 387 g/mol. The van der Waals surface area contributed by atoms with Gasteiger partial charge in [0.1, 0.15) is 10.7 Å². The number of benzene rings is 2. The van der Waals surface area contributed by atoms with Crippen molar-refractivity contribution in [2.45, 2.75) is 26.3 Å². The van der Waals surface area contributed by atoms with Crippen LogP contribution in [0.4, 0.5) is 10.1 Å². The maximum absolute atomic E-state index is 13.0. The molecule has 3 aromatic rings. The third-order valence-corrected chi connectivity index (χ3v) is 5.45. The van der Waals surface area contributed by atoms with Crippen LogP contribution in [0.15, 0.2) is 42.5 Å². The van der Waals surface area contributed by atoms with Gasteiger partial charge in [0.05, 0.1) is 15.4 Å². The number of hydrogen-bond acceptors (Lipinski definition) is 3. The van der Waals surface area contributed by atoms with Crippen LogP contribution in [0.25, 0.3) is 10.1 Å². The highest BCUT2D eigenvalue weighted by atomic mass is 35.5. The summed E-state index contributed by atoms with van der Waals surface area (Å²) in [5.74, 6) is -1.04. The van der Waals surface area contributed by atoms with Gasteiger partial charge in [0, 0.05) is 16.5 Å². The van der Waals surface area contributed by atoms with Crippen LogP contribution in [0.5, 0.6) is 0 Å². The van der Waals surface area contributed by atoms with Crippen LogP contribution in [-0.4, -0.2) is 17.4 Å². The van der Waals surface area contributed by atoms with E-state index in [2.05, 4.69) is 10.6 Å². The lowest BCUT2D eigenvalue weighted by Gasteiger charge is -2.19. The van der Waals surface area contributed by atoms with Crippen molar-refractivity contribution in [2.75, 3.05) is 5.32 Å². The minimum atomic E-state index is -0.409. The molecule has 2 aromatic carbocycles. The highest BCUT2D eigenvalue weighted by molar-refractivity contribution is 7.22. The second-order valence-corrected chi connectivity index (χ2v) is 8.49. The molecular formula is C20H18ClFN2O2S. The average Bonchev–Trinajstić information content (AvgIpc) is 2.92. The maximum atomic E-state index is 13.0. The van der Waals surface area contributed by atoms with E-state index >= 15 is 0 Å². The lowest BCUT2D eigenvalue weighted by molar-refractivity contribution is 0.0923. The summed E-state index contributed by atoms with van der Waals surface area (Å²) in [5, 5.41) is 6.75. The molecule has 0 aliphatic carbocycles. The Labute approximate surface area is 165 Å². The van der Waals surface area contributed by atoms with E-state index in [1.165, 1.54) is 35.6 Å². The van der Waals surface area contributed by atoms with Crippen molar-refractivity contribution in [1.29, 1.82) is 0 Å². The Bertz CT molecular complexity index is 1020. The molecule has 2 amide bonds. The summed E-state index contributed by atoms with van der Waals surface area (Å²) in [6.45, 7) is 5.67. The Morgan fingerprint density at radius 1 is 1.04 bits per heavy atom. The largest absolute Gasteiger partial charge is 0.347 e. The minimum Gasteiger partial charge on any atom is -0.347 e. The summed E-state index contributed by atoms with van der Waals surface area (Å²) in [6, 6.07) is 10.6. The third kappa shape index (κ3) is 4.28. The predicted octanol–water partition coefficient (Wildman–Crippen LogP) is 5.47. The summed E-state index contributed by atoms with van der Waals surface area (Å²) >= 11 is 7.64. The molecule has 0 fully saturated rings. The van der Waals surface area contributed by atoms with E-state index in [9.17, 15) is 14.0 Å². The molecule has 1 heterocycles. The van der Waals surface area contributed by atoms with Crippen LogP contribution < -0.4 is 10.6 Å². The van der Waals surface area contributed by atoms with Crippen molar-refractivity contribution in [3.8, 4) is 0 Å². The van der Waals surface area contributed by atoms with Gasteiger partial charge in [0.15, 0.2) is 0 Å². The van der Waals surface area contributed by atoms with Gasteiger partial charge in [0.2, 0.25) is 0 Å². The molecule has 27 heavy (non-hydrogen) atoms. The first kappa shape index (κ1) is 19.3. The highest BCUT2D eigenvalue weighted by Crippen LogP contribution is 2.39. The first-order valence-corrected chi connectivity index (χ1v) is 9.45. The quantitative estimate of drug-likeness (QED) is 0.607. The van der Waals surface area contributed by atoms with E-state index in [-0.39, 0.29) is 11.8 Å². The van der Waals surface area contributed by atoms with E-state index < -0.39 is 11.4 Å². The molecule has 0 aliphatic heterocycles. The number of amides is 2. The molecule has 7 heteroatoms. The minimum absolute atomic E-state index is 0.260. The van der Waals surface area contributed by atoms with E-state index in [0.29, 0.717) is 31.2 Å². The summed E-state index contributed by atoms with van der Waals surface area (Å²) in [7, 11) is 0. The second-order valence-electron chi connectivity index (χ2n) is 7.09. The smallest absolute Gasteiger partial charge is 0.263 e. The van der Waals surface area contributed by atoms with Crippen LogP contribution in [-0.2, 0) is 0 Å². The van der Waals surface area contributed by atoms with Crippen LogP contribution in [0, 0.1) is 5.82 Å². The van der Waals surface area contributed by atoms with E-state index in [0.717, 1.165) is 0 Å². The Kier molecular flexibility index (Phi) is 5.22. The van der Waals surface area contributed by atoms with Crippen molar-refractivity contribution < 1.29 is 14.0 Å². The number of fused-ring (bicyclic) bond motifs is 1. The Hall–Kier alpha value is -2.44. The SMILES string of the molecule is CC(C)(C)NC(=O)c1sc2c(NC(=O)c3ccc(F)cc3)cccc2c1Cl. The van der Waals surface area contributed by atoms with Crippen LogP contribution >= 0.6 is 22.9 Å². The van der Waals surface area contributed by atoms with Crippen molar-refractivity contribution in [1.82, 2.24) is 5.32 Å². The molecule has 140 valence electrons. The van der Waals surface area contributed by atoms with Crippen LogP contribution in [0.3, 0.4) is 0 Å². The van der Waals surface area contributed by atoms with Gasteiger partial charge in [-0.05, 0) is 51.1 Å². The molecule has 0 saturated heterocycles. The molecule has 4 nitrogen and oxygen atoms in total. The maximum Gasteiger partial charge on any atom is 0.263 e. The van der Waals surface area contributed by atoms with E-state index in [1.807, 2.05) is 20.8 Å². The first-order valence-electron chi connectivity index (χ1n) is 8.26. The van der Waals surface area contributed by atoms with Gasteiger partial charge in [-0.25, -0.2) is 4.39 Å². The van der Waals surface area contributed by atoms with E-state index in [1.54, 1.807) is 18.2 Å². The zero-order valence-corrected chi connectivity index (χ0v) is 16.6. The molecule has 0 aliphatic rings. The standard InChI is InChI=1S/C20H18ClFN2O2S/c1-20(2,3)24-19(26)17-15(21)13-5-4-6-14(16(13)27-17)23-18(25)11-7-9-12(22)10-8-11/h4-10H,1-3H3,(H,23,25)(H,24,26). The molecule has 0 bridgehead atoms. The van der Waals surface area contributed by atoms with Crippen LogP contribution in [0.1, 0.15) is 40.8 Å². The fourth-order valence-corrected chi connectivity index (χ4v) is 4.00. The van der Waals surface area contributed by atoms with Gasteiger partial charge < -0.3 is 10.6 Å². The van der Waals surface area contributed by atoms with Crippen molar-refractivity contribution in [3.05, 3.63) is 63.7 Å². The number of anilines is 1. The molecule has 3 rings (SSSR count). The van der Waals surface area contributed by atoms with Gasteiger partial charge in [-0.3, -0.25) is 9.59 Å². The number of rotatable bonds is 3. The zero-order chi connectivity index (χ0) is 19.8. The number of carbonyl (C=O) groups excluding carboxylic acids is 2. The number of carbonyl (C=O) groups is 2. The molecule has 1 aromatic heterocycles. The van der Waals surface area contributed by atoms with Gasteiger partial charge in [-0.2, -0.15) is 0 Å². The molecule has 0 saturated carbocycles. The topological polar surface area (TPSA) is 58.2 Å². The predicted molar refractivity (Wildman–Crippen MR) is 108 cm³/mol. The highest BCUT2D eigenvalue weighted by Gasteiger charge is 2.22. The summed E-state index contributed by atoms with van der Waals surface area (Å²) in [5.41, 5.74) is 0.487. The molecule has 2 N–H and O–H groups in total. The Morgan fingerprint density at radius 3 is 2.33 bits per heavy atom. The average molecular weight is 405 g/mol. The van der Waals surface area contributed by atoms with Crippen molar-refractivity contribution in [2.24, 2.45) is 0 Å². The molecule has 0 spiro atoms. The monoisotopic (exact) mass is 404 g/mol. The zero-order valence-electron chi connectivity index (χ0n) is 15.0. The number of nitrogens with one attached hydrogen (secondary N) is 2. The summed E-state index contributed by atoms with van der Waals surface area (Å²) in [4.78, 5) is 25.4. The number of hydrogen-bond donors (Lipinski definition) is 2. The Balaban J connectivity index is 1.95. The van der Waals surface area contributed by atoms with Gasteiger partial charge in [0.25, 0.3) is 11.8 Å².